The van der Waals surface area contributed by atoms with Crippen LogP contribution in [0.1, 0.15) is 264 Å². The van der Waals surface area contributed by atoms with Gasteiger partial charge in [-0.2, -0.15) is 0 Å². The van der Waals surface area contributed by atoms with Crippen molar-refractivity contribution in [3.8, 4) is 0 Å². The Hall–Kier alpha value is -1.53. The minimum absolute atomic E-state index is 0.244. The summed E-state index contributed by atoms with van der Waals surface area (Å²) in [5.41, 5.74) is 0. The zero-order chi connectivity index (χ0) is 54.6. The average Bonchev–Trinajstić information content (AvgIpc) is 3.41. The summed E-state index contributed by atoms with van der Waals surface area (Å²) in [5.74, 6) is -0.244. The molecule has 14 heteroatoms. The van der Waals surface area contributed by atoms with E-state index in [9.17, 15) is 45.6 Å². The van der Waals surface area contributed by atoms with Crippen LogP contribution in [0.25, 0.3) is 0 Å². The molecule has 0 aromatic rings. The van der Waals surface area contributed by atoms with Crippen LogP contribution in [0.3, 0.4) is 0 Å². The van der Waals surface area contributed by atoms with Crippen molar-refractivity contribution < 1.29 is 64.6 Å². The highest BCUT2D eigenvalue weighted by Gasteiger charge is 2.51. The van der Waals surface area contributed by atoms with E-state index < -0.39 is 86.8 Å². The standard InChI is InChI=1S/C61H115NO13/c1-3-5-7-9-11-13-15-17-19-21-23-24-25-26-27-29-31-33-35-37-39-41-43-45-53(66)62-49(50(65)44-42-40-38-36-34-32-30-28-22-20-18-16-14-12-10-8-6-4-2)48-72-60-58(71)56(69)59(52(47-64)74-60)75-61-57(70)55(68)54(67)51(46-63)73-61/h34,36,42,44,49-52,54-61,63-65,67-71H,3-33,35,37-41,43,45-48H2,1-2H3,(H,62,66)/b36-34+,44-42+. The fraction of sp³-hybridized carbons (Fsp3) is 0.918. The topological polar surface area (TPSA) is 228 Å². The largest absolute Gasteiger partial charge is 0.394 e. The molecule has 1 amide bonds. The number of aliphatic hydroxyl groups excluding tert-OH is 8. The lowest BCUT2D eigenvalue weighted by Crippen LogP contribution is -2.65. The number of carbonyl (C=O) groups excluding carboxylic acids is 1. The second-order valence-corrected chi connectivity index (χ2v) is 22.2. The number of rotatable bonds is 50. The van der Waals surface area contributed by atoms with Crippen molar-refractivity contribution in [1.82, 2.24) is 5.32 Å². The summed E-state index contributed by atoms with van der Waals surface area (Å²) in [6.07, 6.45) is 39.4. The molecule has 0 spiro atoms. The van der Waals surface area contributed by atoms with Crippen LogP contribution in [-0.4, -0.2) is 140 Å². The number of hydrogen-bond donors (Lipinski definition) is 9. The molecule has 0 saturated carbocycles. The third-order valence-electron chi connectivity index (χ3n) is 15.4. The van der Waals surface area contributed by atoms with E-state index in [4.69, 9.17) is 18.9 Å². The molecule has 14 nitrogen and oxygen atoms in total. The van der Waals surface area contributed by atoms with E-state index in [2.05, 4.69) is 31.3 Å². The Labute approximate surface area is 456 Å². The minimum Gasteiger partial charge on any atom is -0.394 e. The van der Waals surface area contributed by atoms with E-state index >= 15 is 0 Å². The Morgan fingerprint density at radius 1 is 0.467 bits per heavy atom. The van der Waals surface area contributed by atoms with Crippen LogP contribution in [0.2, 0.25) is 0 Å². The van der Waals surface area contributed by atoms with Crippen LogP contribution in [-0.2, 0) is 23.7 Å². The van der Waals surface area contributed by atoms with Crippen molar-refractivity contribution in [2.75, 3.05) is 19.8 Å². The van der Waals surface area contributed by atoms with Crippen LogP contribution in [0.5, 0.6) is 0 Å². The zero-order valence-electron chi connectivity index (χ0n) is 47.6. The molecule has 0 bridgehead atoms. The fourth-order valence-electron chi connectivity index (χ4n) is 10.4. The molecule has 9 N–H and O–H groups in total. The van der Waals surface area contributed by atoms with Crippen LogP contribution >= 0.6 is 0 Å². The van der Waals surface area contributed by atoms with E-state index in [-0.39, 0.29) is 18.9 Å². The van der Waals surface area contributed by atoms with Gasteiger partial charge in [0, 0.05) is 6.42 Å². The summed E-state index contributed by atoms with van der Waals surface area (Å²) in [6, 6.07) is -0.928. The maximum Gasteiger partial charge on any atom is 0.220 e. The molecular weight excluding hydrogens is 955 g/mol. The Morgan fingerprint density at radius 3 is 1.31 bits per heavy atom. The molecule has 75 heavy (non-hydrogen) atoms. The molecule has 2 aliphatic rings. The first-order valence-electron chi connectivity index (χ1n) is 31.1. The van der Waals surface area contributed by atoms with Gasteiger partial charge in [0.1, 0.15) is 48.8 Å². The van der Waals surface area contributed by atoms with Crippen molar-refractivity contribution in [2.45, 2.75) is 338 Å². The Bertz CT molecular complexity index is 1350. The van der Waals surface area contributed by atoms with Crippen molar-refractivity contribution in [1.29, 1.82) is 0 Å². The molecule has 0 aromatic carbocycles. The third-order valence-corrected chi connectivity index (χ3v) is 15.4. The van der Waals surface area contributed by atoms with Gasteiger partial charge in [-0.1, -0.05) is 250 Å². The summed E-state index contributed by atoms with van der Waals surface area (Å²) >= 11 is 0. The summed E-state index contributed by atoms with van der Waals surface area (Å²) in [4.78, 5) is 13.3. The van der Waals surface area contributed by atoms with Gasteiger partial charge in [-0.3, -0.25) is 4.79 Å². The molecule has 2 saturated heterocycles. The fourth-order valence-corrected chi connectivity index (χ4v) is 10.4. The van der Waals surface area contributed by atoms with Gasteiger partial charge in [0.15, 0.2) is 12.6 Å². The highest BCUT2D eigenvalue weighted by atomic mass is 16.7. The first-order valence-corrected chi connectivity index (χ1v) is 31.1. The van der Waals surface area contributed by atoms with E-state index in [0.29, 0.717) is 12.8 Å². The van der Waals surface area contributed by atoms with Crippen molar-refractivity contribution in [3.05, 3.63) is 24.3 Å². The summed E-state index contributed by atoms with van der Waals surface area (Å²) < 4.78 is 22.8. The number of aliphatic hydroxyl groups is 8. The molecular formula is C61H115NO13. The van der Waals surface area contributed by atoms with E-state index in [1.807, 2.05) is 6.08 Å². The number of amides is 1. The lowest BCUT2D eigenvalue weighted by Gasteiger charge is -2.46. The predicted octanol–water partition coefficient (Wildman–Crippen LogP) is 10.8. The molecule has 2 rings (SSSR count). The number of nitrogens with one attached hydrogen (secondary N) is 1. The van der Waals surface area contributed by atoms with Gasteiger partial charge in [0.2, 0.25) is 5.91 Å². The van der Waals surface area contributed by atoms with Gasteiger partial charge < -0.3 is 65.1 Å². The average molecular weight is 1070 g/mol. The summed E-state index contributed by atoms with van der Waals surface area (Å²) in [6.45, 7) is 2.81. The summed E-state index contributed by atoms with van der Waals surface area (Å²) in [7, 11) is 0. The van der Waals surface area contributed by atoms with Crippen LogP contribution in [0.15, 0.2) is 24.3 Å². The van der Waals surface area contributed by atoms with Crippen LogP contribution < -0.4 is 5.32 Å². The van der Waals surface area contributed by atoms with Gasteiger partial charge in [-0.25, -0.2) is 0 Å². The van der Waals surface area contributed by atoms with Crippen molar-refractivity contribution >= 4 is 5.91 Å². The molecule has 0 radical (unpaired) electrons. The monoisotopic (exact) mass is 1070 g/mol. The number of hydrogen-bond acceptors (Lipinski definition) is 13. The Morgan fingerprint density at radius 2 is 0.853 bits per heavy atom. The molecule has 0 aromatic heterocycles. The van der Waals surface area contributed by atoms with Gasteiger partial charge >= 0.3 is 0 Å². The molecule has 442 valence electrons. The number of ether oxygens (including phenoxy) is 4. The quantitative estimate of drug-likeness (QED) is 0.0204. The van der Waals surface area contributed by atoms with E-state index in [1.165, 1.54) is 199 Å². The Kier molecular flexibility index (Phi) is 43.9. The lowest BCUT2D eigenvalue weighted by molar-refractivity contribution is -0.359. The molecule has 2 fully saturated rings. The number of allylic oxidation sites excluding steroid dienone is 3. The molecule has 2 aliphatic heterocycles. The van der Waals surface area contributed by atoms with E-state index in [0.717, 1.165) is 32.1 Å². The highest BCUT2D eigenvalue weighted by molar-refractivity contribution is 5.76. The normalized spacial score (nSPS) is 25.1. The van der Waals surface area contributed by atoms with E-state index in [1.54, 1.807) is 6.08 Å². The summed E-state index contributed by atoms with van der Waals surface area (Å²) in [5, 5.41) is 87.1. The van der Waals surface area contributed by atoms with Crippen LogP contribution in [0.4, 0.5) is 0 Å². The van der Waals surface area contributed by atoms with Crippen LogP contribution in [0, 0.1) is 0 Å². The van der Waals surface area contributed by atoms with Gasteiger partial charge in [0.05, 0.1) is 32.0 Å². The minimum atomic E-state index is -1.79. The Balaban J connectivity index is 1.75. The SMILES string of the molecule is CCCCCCCCCCCCCC/C=C/CC/C=C/C(O)C(COC1OC(CO)C(OC2OC(CO)C(O)C(O)C2O)C(O)C1O)NC(=O)CCCCCCCCCCCCCCCCCCCCCCCCC. The molecule has 12 atom stereocenters. The smallest absolute Gasteiger partial charge is 0.220 e. The maximum atomic E-state index is 13.3. The number of carbonyl (C=O) groups is 1. The van der Waals surface area contributed by atoms with Gasteiger partial charge in [-0.05, 0) is 32.1 Å². The lowest BCUT2D eigenvalue weighted by atomic mass is 9.97. The highest BCUT2D eigenvalue weighted by Crippen LogP contribution is 2.30. The molecule has 12 unspecified atom stereocenters. The van der Waals surface area contributed by atoms with Crippen molar-refractivity contribution in [2.24, 2.45) is 0 Å². The first-order chi connectivity index (χ1) is 36.6. The molecule has 2 heterocycles. The van der Waals surface area contributed by atoms with Gasteiger partial charge in [-0.15, -0.1) is 0 Å². The molecule has 0 aliphatic carbocycles. The van der Waals surface area contributed by atoms with Crippen molar-refractivity contribution in [3.63, 3.8) is 0 Å². The third kappa shape index (κ3) is 33.0. The maximum absolute atomic E-state index is 13.3. The first kappa shape index (κ1) is 69.6. The number of unbranched alkanes of at least 4 members (excludes halogenated alkanes) is 35. The second kappa shape index (κ2) is 47.3. The predicted molar refractivity (Wildman–Crippen MR) is 300 cm³/mol. The van der Waals surface area contributed by atoms with Gasteiger partial charge in [0.25, 0.3) is 0 Å². The zero-order valence-corrected chi connectivity index (χ0v) is 47.6. The second-order valence-electron chi connectivity index (χ2n) is 22.2.